The Kier molecular flexibility index (Phi) is 6.44. The van der Waals surface area contributed by atoms with Crippen LogP contribution in [0.1, 0.15) is 30.1 Å². The Bertz CT molecular complexity index is 412. The van der Waals surface area contributed by atoms with E-state index in [4.69, 9.17) is 23.2 Å². The molecule has 2 nitrogen and oxygen atoms in total. The van der Waals surface area contributed by atoms with Crippen molar-refractivity contribution in [3.8, 4) is 0 Å². The first-order valence-electron chi connectivity index (χ1n) is 5.83. The maximum atomic E-state index is 13.2. The van der Waals surface area contributed by atoms with Crippen LogP contribution in [0, 0.1) is 11.7 Å². The molecule has 1 rings (SSSR count). The molecule has 1 aromatic carbocycles. The lowest BCUT2D eigenvalue weighted by Crippen LogP contribution is -2.24. The average molecular weight is 292 g/mol. The minimum absolute atomic E-state index is 0.0162. The standard InChI is InChI=1S/C13H16Cl2FNO/c1-9(8-14)3-2-6-17-13(18)10-4-5-11(15)12(16)7-10/h4-5,7,9H,2-3,6,8H2,1H3,(H,17,18). The van der Waals surface area contributed by atoms with Crippen molar-refractivity contribution >= 4 is 29.1 Å². The first kappa shape index (κ1) is 15.3. The molecule has 1 unspecified atom stereocenters. The van der Waals surface area contributed by atoms with Crippen LogP contribution in [-0.4, -0.2) is 18.3 Å². The summed E-state index contributed by atoms with van der Waals surface area (Å²) in [6.45, 7) is 2.62. The predicted octanol–water partition coefficient (Wildman–Crippen LogP) is 3.86. The summed E-state index contributed by atoms with van der Waals surface area (Å²) in [5.74, 6) is 0.191. The molecule has 0 aliphatic rings. The zero-order valence-corrected chi connectivity index (χ0v) is 11.7. The highest BCUT2D eigenvalue weighted by atomic mass is 35.5. The van der Waals surface area contributed by atoms with Crippen LogP contribution in [0.25, 0.3) is 0 Å². The number of rotatable bonds is 6. The molecule has 1 amide bonds. The maximum absolute atomic E-state index is 13.2. The molecule has 0 bridgehead atoms. The third kappa shape index (κ3) is 4.83. The second kappa shape index (κ2) is 7.59. The third-order valence-electron chi connectivity index (χ3n) is 2.60. The molecule has 0 saturated heterocycles. The Hall–Kier alpha value is -0.800. The summed E-state index contributed by atoms with van der Waals surface area (Å²) in [6.07, 6.45) is 1.81. The Morgan fingerprint density at radius 3 is 2.83 bits per heavy atom. The fourth-order valence-electron chi connectivity index (χ4n) is 1.47. The van der Waals surface area contributed by atoms with Gasteiger partial charge in [0.05, 0.1) is 5.02 Å². The number of amides is 1. The summed E-state index contributed by atoms with van der Waals surface area (Å²) < 4.78 is 13.2. The van der Waals surface area contributed by atoms with Gasteiger partial charge in [-0.05, 0) is 37.0 Å². The highest BCUT2D eigenvalue weighted by molar-refractivity contribution is 6.30. The molecular formula is C13H16Cl2FNO. The van der Waals surface area contributed by atoms with Crippen LogP contribution in [0.5, 0.6) is 0 Å². The van der Waals surface area contributed by atoms with Gasteiger partial charge in [-0.15, -0.1) is 11.6 Å². The summed E-state index contributed by atoms with van der Waals surface area (Å²) in [7, 11) is 0. The quantitative estimate of drug-likeness (QED) is 0.626. The smallest absolute Gasteiger partial charge is 0.251 e. The van der Waals surface area contributed by atoms with Crippen LogP contribution in [-0.2, 0) is 0 Å². The molecule has 0 aliphatic heterocycles. The molecule has 100 valence electrons. The van der Waals surface area contributed by atoms with E-state index < -0.39 is 5.82 Å². The first-order chi connectivity index (χ1) is 8.54. The van der Waals surface area contributed by atoms with Crippen LogP contribution >= 0.6 is 23.2 Å². The number of hydrogen-bond acceptors (Lipinski definition) is 1. The zero-order valence-electron chi connectivity index (χ0n) is 10.2. The molecule has 0 saturated carbocycles. The molecule has 0 aromatic heterocycles. The van der Waals surface area contributed by atoms with Crippen molar-refractivity contribution < 1.29 is 9.18 Å². The van der Waals surface area contributed by atoms with E-state index in [9.17, 15) is 9.18 Å². The Balaban J connectivity index is 2.39. The summed E-state index contributed by atoms with van der Waals surface area (Å²) >= 11 is 11.2. The van der Waals surface area contributed by atoms with Crippen LogP contribution < -0.4 is 5.32 Å². The molecule has 1 atom stereocenters. The number of nitrogens with one attached hydrogen (secondary N) is 1. The first-order valence-corrected chi connectivity index (χ1v) is 6.75. The Morgan fingerprint density at radius 1 is 1.50 bits per heavy atom. The second-order valence-electron chi connectivity index (χ2n) is 4.29. The van der Waals surface area contributed by atoms with Gasteiger partial charge in [0, 0.05) is 18.0 Å². The van der Waals surface area contributed by atoms with Crippen molar-refractivity contribution in [3.05, 3.63) is 34.6 Å². The molecule has 0 heterocycles. The monoisotopic (exact) mass is 291 g/mol. The lowest BCUT2D eigenvalue weighted by atomic mass is 10.1. The van der Waals surface area contributed by atoms with E-state index in [1.165, 1.54) is 12.1 Å². The summed E-state index contributed by atoms with van der Waals surface area (Å²) in [5, 5.41) is 2.75. The van der Waals surface area contributed by atoms with E-state index in [0.29, 0.717) is 18.3 Å². The van der Waals surface area contributed by atoms with Gasteiger partial charge >= 0.3 is 0 Å². The van der Waals surface area contributed by atoms with Gasteiger partial charge in [-0.3, -0.25) is 4.79 Å². The van der Waals surface area contributed by atoms with Crippen molar-refractivity contribution in [1.29, 1.82) is 0 Å². The van der Waals surface area contributed by atoms with Gasteiger partial charge < -0.3 is 5.32 Å². The topological polar surface area (TPSA) is 29.1 Å². The zero-order chi connectivity index (χ0) is 13.5. The highest BCUT2D eigenvalue weighted by Gasteiger charge is 2.08. The molecular weight excluding hydrogens is 276 g/mol. The van der Waals surface area contributed by atoms with Crippen molar-refractivity contribution in [2.75, 3.05) is 12.4 Å². The lowest BCUT2D eigenvalue weighted by Gasteiger charge is -2.08. The normalized spacial score (nSPS) is 12.2. The van der Waals surface area contributed by atoms with Gasteiger partial charge in [0.25, 0.3) is 5.91 Å². The minimum Gasteiger partial charge on any atom is -0.352 e. The lowest BCUT2D eigenvalue weighted by molar-refractivity contribution is 0.0952. The fourth-order valence-corrected chi connectivity index (χ4v) is 1.74. The molecule has 18 heavy (non-hydrogen) atoms. The van der Waals surface area contributed by atoms with Crippen molar-refractivity contribution in [3.63, 3.8) is 0 Å². The van der Waals surface area contributed by atoms with E-state index in [0.717, 1.165) is 18.9 Å². The van der Waals surface area contributed by atoms with Crippen LogP contribution in [0.4, 0.5) is 4.39 Å². The number of carbonyl (C=O) groups is 1. The van der Waals surface area contributed by atoms with E-state index in [2.05, 4.69) is 12.2 Å². The number of halogens is 3. The molecule has 0 aliphatic carbocycles. The van der Waals surface area contributed by atoms with Gasteiger partial charge in [0.2, 0.25) is 0 Å². The average Bonchev–Trinajstić information content (AvgIpc) is 2.37. The summed E-state index contributed by atoms with van der Waals surface area (Å²) in [6, 6.07) is 4.02. The van der Waals surface area contributed by atoms with Crippen molar-refractivity contribution in [2.24, 2.45) is 5.92 Å². The van der Waals surface area contributed by atoms with E-state index in [1.807, 2.05) is 0 Å². The summed E-state index contributed by atoms with van der Waals surface area (Å²) in [4.78, 5) is 11.7. The summed E-state index contributed by atoms with van der Waals surface area (Å²) in [5.41, 5.74) is 0.280. The van der Waals surface area contributed by atoms with E-state index in [-0.39, 0.29) is 16.5 Å². The molecule has 0 radical (unpaired) electrons. The van der Waals surface area contributed by atoms with Crippen LogP contribution in [0.3, 0.4) is 0 Å². The molecule has 5 heteroatoms. The number of benzene rings is 1. The van der Waals surface area contributed by atoms with Gasteiger partial charge in [0.1, 0.15) is 5.82 Å². The van der Waals surface area contributed by atoms with E-state index >= 15 is 0 Å². The predicted molar refractivity (Wildman–Crippen MR) is 72.9 cm³/mol. The minimum atomic E-state index is -0.583. The Morgan fingerprint density at radius 2 is 2.22 bits per heavy atom. The molecule has 0 fully saturated rings. The highest BCUT2D eigenvalue weighted by Crippen LogP contribution is 2.15. The Labute approximate surface area is 116 Å². The number of hydrogen-bond donors (Lipinski definition) is 1. The van der Waals surface area contributed by atoms with Gasteiger partial charge in [0.15, 0.2) is 0 Å². The van der Waals surface area contributed by atoms with Crippen molar-refractivity contribution in [2.45, 2.75) is 19.8 Å². The molecule has 1 N–H and O–H groups in total. The molecule has 1 aromatic rings. The van der Waals surface area contributed by atoms with Gasteiger partial charge in [-0.25, -0.2) is 4.39 Å². The van der Waals surface area contributed by atoms with Gasteiger partial charge in [-0.1, -0.05) is 18.5 Å². The molecule has 0 spiro atoms. The van der Waals surface area contributed by atoms with Crippen molar-refractivity contribution in [1.82, 2.24) is 5.32 Å². The third-order valence-corrected chi connectivity index (χ3v) is 3.44. The van der Waals surface area contributed by atoms with Crippen LogP contribution in [0.15, 0.2) is 18.2 Å². The maximum Gasteiger partial charge on any atom is 0.251 e. The fraction of sp³-hybridized carbons (Fsp3) is 0.462. The number of alkyl halides is 1. The second-order valence-corrected chi connectivity index (χ2v) is 5.00. The largest absolute Gasteiger partial charge is 0.352 e. The van der Waals surface area contributed by atoms with Crippen LogP contribution in [0.2, 0.25) is 5.02 Å². The van der Waals surface area contributed by atoms with E-state index in [1.54, 1.807) is 0 Å². The SMILES string of the molecule is CC(CCl)CCCNC(=O)c1ccc(Cl)c(F)c1. The van der Waals surface area contributed by atoms with Gasteiger partial charge in [-0.2, -0.15) is 0 Å². The number of carbonyl (C=O) groups excluding carboxylic acids is 1.